The van der Waals surface area contributed by atoms with Crippen LogP contribution >= 0.6 is 11.3 Å². The van der Waals surface area contributed by atoms with E-state index in [1.165, 1.54) is 18.3 Å². The lowest BCUT2D eigenvalue weighted by molar-refractivity contribution is -0.138. The van der Waals surface area contributed by atoms with Crippen molar-refractivity contribution in [3.8, 4) is 0 Å². The zero-order valence-electron chi connectivity index (χ0n) is 7.40. The monoisotopic (exact) mass is 198 g/mol. The first kappa shape index (κ1) is 9.92. The van der Waals surface area contributed by atoms with Gasteiger partial charge in [0.1, 0.15) is 0 Å². The number of carboxylic acids is 1. The molecule has 1 atom stereocenters. The fraction of sp³-hybridized carbons (Fsp3) is 0.333. The topological polar surface area (TPSA) is 54.4 Å². The molecule has 0 aliphatic rings. The lowest BCUT2D eigenvalue weighted by Gasteiger charge is -2.04. The van der Waals surface area contributed by atoms with Gasteiger partial charge in [-0.1, -0.05) is 0 Å². The Hall–Kier alpha value is -1.16. The molecule has 3 nitrogen and oxygen atoms in total. The van der Waals surface area contributed by atoms with Crippen LogP contribution in [0.4, 0.5) is 0 Å². The van der Waals surface area contributed by atoms with Gasteiger partial charge in [0.25, 0.3) is 0 Å². The van der Waals surface area contributed by atoms with E-state index >= 15 is 0 Å². The Morgan fingerprint density at radius 1 is 1.54 bits per heavy atom. The van der Waals surface area contributed by atoms with Gasteiger partial charge >= 0.3 is 5.97 Å². The SMILES string of the molecule is CC(=O)c1ccsc1C(C)C(=O)O. The summed E-state index contributed by atoms with van der Waals surface area (Å²) in [7, 11) is 0. The number of aliphatic carboxylic acids is 1. The summed E-state index contributed by atoms with van der Waals surface area (Å²) in [6, 6.07) is 1.67. The first-order chi connectivity index (χ1) is 6.04. The molecular weight excluding hydrogens is 188 g/mol. The van der Waals surface area contributed by atoms with E-state index in [0.717, 1.165) is 0 Å². The van der Waals surface area contributed by atoms with Crippen LogP contribution in [0.2, 0.25) is 0 Å². The second-order valence-corrected chi connectivity index (χ2v) is 3.76. The summed E-state index contributed by atoms with van der Waals surface area (Å²) in [6.07, 6.45) is 0. The molecule has 0 amide bonds. The minimum Gasteiger partial charge on any atom is -0.481 e. The Labute approximate surface area is 80.0 Å². The first-order valence-electron chi connectivity index (χ1n) is 3.85. The first-order valence-corrected chi connectivity index (χ1v) is 4.73. The maximum absolute atomic E-state index is 11.1. The molecule has 0 saturated heterocycles. The van der Waals surface area contributed by atoms with Gasteiger partial charge < -0.3 is 5.11 Å². The van der Waals surface area contributed by atoms with E-state index in [0.29, 0.717) is 10.4 Å². The third-order valence-electron chi connectivity index (χ3n) is 1.84. The fourth-order valence-electron chi connectivity index (χ4n) is 1.06. The summed E-state index contributed by atoms with van der Waals surface area (Å²) in [5.41, 5.74) is 0.528. The van der Waals surface area contributed by atoms with Crippen molar-refractivity contribution in [2.24, 2.45) is 0 Å². The zero-order valence-corrected chi connectivity index (χ0v) is 8.22. The summed E-state index contributed by atoms with van der Waals surface area (Å²) in [5.74, 6) is -1.58. The third kappa shape index (κ3) is 1.95. The molecule has 0 fully saturated rings. The molecule has 0 saturated carbocycles. The van der Waals surface area contributed by atoms with Crippen molar-refractivity contribution in [1.82, 2.24) is 0 Å². The van der Waals surface area contributed by atoms with E-state index in [1.54, 1.807) is 18.4 Å². The predicted octanol–water partition coefficient (Wildman–Crippen LogP) is 2.14. The molecule has 1 aromatic rings. The third-order valence-corrected chi connectivity index (χ3v) is 2.94. The highest BCUT2D eigenvalue weighted by atomic mass is 32.1. The minimum atomic E-state index is -0.898. The molecule has 1 heterocycles. The maximum Gasteiger partial charge on any atom is 0.311 e. The highest BCUT2D eigenvalue weighted by molar-refractivity contribution is 7.10. The molecular formula is C9H10O3S. The van der Waals surface area contributed by atoms with Crippen LogP contribution in [0.25, 0.3) is 0 Å². The molecule has 13 heavy (non-hydrogen) atoms. The Morgan fingerprint density at radius 2 is 2.15 bits per heavy atom. The van der Waals surface area contributed by atoms with Crippen LogP contribution in [-0.2, 0) is 4.79 Å². The summed E-state index contributed by atoms with van der Waals surface area (Å²) >= 11 is 1.31. The molecule has 1 N–H and O–H groups in total. The highest BCUT2D eigenvalue weighted by Gasteiger charge is 2.20. The molecule has 1 rings (SSSR count). The number of carboxylic acid groups (broad SMARTS) is 1. The summed E-state index contributed by atoms with van der Waals surface area (Å²) in [5, 5.41) is 10.5. The zero-order chi connectivity index (χ0) is 10.0. The number of hydrogen-bond acceptors (Lipinski definition) is 3. The van der Waals surface area contributed by atoms with Gasteiger partial charge in [0, 0.05) is 10.4 Å². The molecule has 0 aliphatic carbocycles. The number of carbonyl (C=O) groups is 2. The maximum atomic E-state index is 11.1. The van der Waals surface area contributed by atoms with Crippen LogP contribution < -0.4 is 0 Å². The molecule has 0 spiro atoms. The minimum absolute atomic E-state index is 0.0793. The van der Waals surface area contributed by atoms with Crippen LogP contribution in [-0.4, -0.2) is 16.9 Å². The highest BCUT2D eigenvalue weighted by Crippen LogP contribution is 2.26. The summed E-state index contributed by atoms with van der Waals surface area (Å²) in [4.78, 5) is 22.4. The Bertz CT molecular complexity index is 340. The van der Waals surface area contributed by atoms with E-state index in [-0.39, 0.29) is 5.78 Å². The van der Waals surface area contributed by atoms with Crippen molar-refractivity contribution < 1.29 is 14.7 Å². The van der Waals surface area contributed by atoms with E-state index in [9.17, 15) is 9.59 Å². The largest absolute Gasteiger partial charge is 0.481 e. The van der Waals surface area contributed by atoms with Crippen LogP contribution in [0.3, 0.4) is 0 Å². The number of rotatable bonds is 3. The van der Waals surface area contributed by atoms with Crippen LogP contribution in [0.1, 0.15) is 35.0 Å². The molecule has 0 bridgehead atoms. The van der Waals surface area contributed by atoms with Crippen LogP contribution in [0.15, 0.2) is 11.4 Å². The van der Waals surface area contributed by atoms with Crippen molar-refractivity contribution in [3.05, 3.63) is 21.9 Å². The average molecular weight is 198 g/mol. The molecule has 1 aromatic heterocycles. The molecule has 0 aliphatic heterocycles. The van der Waals surface area contributed by atoms with Crippen molar-refractivity contribution in [2.45, 2.75) is 19.8 Å². The fourth-order valence-corrected chi connectivity index (χ4v) is 2.05. The van der Waals surface area contributed by atoms with Crippen molar-refractivity contribution in [1.29, 1.82) is 0 Å². The van der Waals surface area contributed by atoms with Gasteiger partial charge in [-0.05, 0) is 25.3 Å². The number of carbonyl (C=O) groups excluding carboxylic acids is 1. The van der Waals surface area contributed by atoms with Gasteiger partial charge in [0.2, 0.25) is 0 Å². The van der Waals surface area contributed by atoms with Gasteiger partial charge in [0.05, 0.1) is 5.92 Å². The average Bonchev–Trinajstić information content (AvgIpc) is 2.50. The van der Waals surface area contributed by atoms with E-state index in [4.69, 9.17) is 5.11 Å². The normalized spacial score (nSPS) is 12.5. The molecule has 0 radical (unpaired) electrons. The van der Waals surface area contributed by atoms with E-state index < -0.39 is 11.9 Å². The lowest BCUT2D eigenvalue weighted by Crippen LogP contribution is -2.08. The van der Waals surface area contributed by atoms with Crippen LogP contribution in [0.5, 0.6) is 0 Å². The van der Waals surface area contributed by atoms with Crippen molar-refractivity contribution >= 4 is 23.1 Å². The molecule has 70 valence electrons. The standard InChI is InChI=1S/C9H10O3S/c1-5(9(11)12)8-7(6(2)10)3-4-13-8/h3-5H,1-2H3,(H,11,12). The van der Waals surface area contributed by atoms with E-state index in [2.05, 4.69) is 0 Å². The smallest absolute Gasteiger partial charge is 0.311 e. The second-order valence-electron chi connectivity index (χ2n) is 2.81. The Kier molecular flexibility index (Phi) is 2.83. The Morgan fingerprint density at radius 3 is 2.62 bits per heavy atom. The van der Waals surface area contributed by atoms with Gasteiger partial charge in [-0.3, -0.25) is 9.59 Å². The van der Waals surface area contributed by atoms with Gasteiger partial charge in [-0.25, -0.2) is 0 Å². The Balaban J connectivity index is 3.07. The van der Waals surface area contributed by atoms with Crippen molar-refractivity contribution in [3.63, 3.8) is 0 Å². The second kappa shape index (κ2) is 3.70. The molecule has 1 unspecified atom stereocenters. The number of hydrogen-bond donors (Lipinski definition) is 1. The van der Waals surface area contributed by atoms with Gasteiger partial charge in [0.15, 0.2) is 5.78 Å². The quantitative estimate of drug-likeness (QED) is 0.757. The summed E-state index contributed by atoms with van der Waals surface area (Å²) < 4.78 is 0. The van der Waals surface area contributed by atoms with Gasteiger partial charge in [-0.15, -0.1) is 11.3 Å². The lowest BCUT2D eigenvalue weighted by atomic mass is 10.0. The molecule has 4 heteroatoms. The van der Waals surface area contributed by atoms with Gasteiger partial charge in [-0.2, -0.15) is 0 Å². The number of Topliss-reactive ketones (excluding diaryl/α,β-unsaturated/α-hetero) is 1. The predicted molar refractivity (Wildman–Crippen MR) is 50.4 cm³/mol. The van der Waals surface area contributed by atoms with E-state index in [1.807, 2.05) is 0 Å². The number of thiophene rings is 1. The summed E-state index contributed by atoms with van der Waals surface area (Å²) in [6.45, 7) is 3.03. The molecule has 0 aromatic carbocycles. The van der Waals surface area contributed by atoms with Crippen LogP contribution in [0, 0.1) is 0 Å². The van der Waals surface area contributed by atoms with Crippen molar-refractivity contribution in [2.75, 3.05) is 0 Å². The number of ketones is 1.